The quantitative estimate of drug-likeness (QED) is 0.440. The molecule has 8 heteroatoms. The molecule has 5 rings (SSSR count). The Labute approximate surface area is 172 Å². The summed E-state index contributed by atoms with van der Waals surface area (Å²) >= 11 is 0. The number of hydrogen-bond donors (Lipinski definition) is 3. The Hall–Kier alpha value is -3.39. The highest BCUT2D eigenvalue weighted by atomic mass is 16.6. The molecule has 154 valence electrons. The second kappa shape index (κ2) is 6.06. The number of methoxy groups -OCH3 is 1. The molecule has 2 aliphatic heterocycles. The zero-order valence-electron chi connectivity index (χ0n) is 16.7. The molecule has 0 amide bonds. The number of oxime groups is 1. The zero-order valence-corrected chi connectivity index (χ0v) is 16.7. The maximum atomic E-state index is 13.4. The van der Waals surface area contributed by atoms with E-state index in [1.165, 1.54) is 20.3 Å². The molecule has 1 saturated heterocycles. The van der Waals surface area contributed by atoms with Crippen molar-refractivity contribution in [3.05, 3.63) is 51.6 Å². The molecular weight excluding hydrogens is 388 g/mol. The predicted octanol–water partition coefficient (Wildman–Crippen LogP) is 2.23. The molecule has 2 heterocycles. The fraction of sp³-hybridized carbons (Fsp3) is 0.318. The molecule has 1 fully saturated rings. The number of phenols is 2. The molecule has 2 atom stereocenters. The first-order valence-electron chi connectivity index (χ1n) is 9.57. The molecule has 0 radical (unpaired) electrons. The summed E-state index contributed by atoms with van der Waals surface area (Å²) in [5, 5.41) is 29.8. The molecule has 2 aromatic carbocycles. The van der Waals surface area contributed by atoms with Crippen LogP contribution in [0.15, 0.2) is 23.4 Å². The van der Waals surface area contributed by atoms with Crippen molar-refractivity contribution in [3.8, 4) is 17.2 Å². The standard InChI is InChI=1S/C22H20N2O6/c1-22-8-10-14(11(23-22)7-13(22)24-30-3)20(27)17-16(19(10)26)18(25)9-5-4-6-12(29-2)15(9)21(17)28/h4-6,11,23,26-27H,7-8H2,1-3H3. The van der Waals surface area contributed by atoms with Crippen molar-refractivity contribution < 1.29 is 29.4 Å². The minimum Gasteiger partial charge on any atom is -0.507 e. The average molecular weight is 408 g/mol. The summed E-state index contributed by atoms with van der Waals surface area (Å²) in [6.45, 7) is 1.93. The summed E-state index contributed by atoms with van der Waals surface area (Å²) in [5.74, 6) is -1.37. The zero-order chi connectivity index (χ0) is 21.4. The number of nitrogens with zero attached hydrogens (tertiary/aromatic N) is 1. The van der Waals surface area contributed by atoms with E-state index in [4.69, 9.17) is 9.57 Å². The number of nitrogens with one attached hydrogen (secondary N) is 1. The number of phenolic OH excluding ortho intramolecular Hbond substituents is 2. The van der Waals surface area contributed by atoms with Crippen molar-refractivity contribution in [3.63, 3.8) is 0 Å². The molecule has 30 heavy (non-hydrogen) atoms. The van der Waals surface area contributed by atoms with E-state index in [-0.39, 0.29) is 45.5 Å². The van der Waals surface area contributed by atoms with Crippen LogP contribution in [0, 0.1) is 0 Å². The molecule has 8 nitrogen and oxygen atoms in total. The molecule has 3 aliphatic rings. The highest BCUT2D eigenvalue weighted by molar-refractivity contribution is 6.31. The van der Waals surface area contributed by atoms with E-state index in [1.54, 1.807) is 12.1 Å². The topological polar surface area (TPSA) is 117 Å². The largest absolute Gasteiger partial charge is 0.507 e. The molecule has 0 spiro atoms. The lowest BCUT2D eigenvalue weighted by molar-refractivity contribution is 0.0971. The Balaban J connectivity index is 1.78. The van der Waals surface area contributed by atoms with E-state index in [0.717, 1.165) is 5.71 Å². The molecule has 2 aromatic rings. The summed E-state index contributed by atoms with van der Waals surface area (Å²) in [5.41, 5.74) is 0.915. The second-order valence-electron chi connectivity index (χ2n) is 8.01. The minimum atomic E-state index is -0.589. The number of aromatic hydroxyl groups is 2. The maximum Gasteiger partial charge on any atom is 0.202 e. The van der Waals surface area contributed by atoms with Gasteiger partial charge in [-0.1, -0.05) is 17.3 Å². The van der Waals surface area contributed by atoms with Crippen LogP contribution in [0.25, 0.3) is 0 Å². The van der Waals surface area contributed by atoms with E-state index in [2.05, 4.69) is 10.5 Å². The number of carbonyl (C=O) groups excluding carboxylic acids is 2. The van der Waals surface area contributed by atoms with Crippen molar-refractivity contribution in [1.29, 1.82) is 0 Å². The van der Waals surface area contributed by atoms with Gasteiger partial charge in [0.15, 0.2) is 5.78 Å². The van der Waals surface area contributed by atoms with Gasteiger partial charge in [0.25, 0.3) is 0 Å². The highest BCUT2D eigenvalue weighted by Gasteiger charge is 2.51. The second-order valence-corrected chi connectivity index (χ2v) is 8.01. The van der Waals surface area contributed by atoms with Crippen LogP contribution in [-0.4, -0.2) is 47.2 Å². The summed E-state index contributed by atoms with van der Waals surface area (Å²) < 4.78 is 5.27. The van der Waals surface area contributed by atoms with Crippen molar-refractivity contribution in [2.24, 2.45) is 5.16 Å². The highest BCUT2D eigenvalue weighted by Crippen LogP contribution is 2.52. The molecule has 2 bridgehead atoms. The van der Waals surface area contributed by atoms with Gasteiger partial charge in [-0.2, -0.15) is 0 Å². The Morgan fingerprint density at radius 3 is 2.53 bits per heavy atom. The maximum absolute atomic E-state index is 13.4. The van der Waals surface area contributed by atoms with Crippen LogP contribution in [0.1, 0.15) is 62.4 Å². The van der Waals surface area contributed by atoms with Gasteiger partial charge in [-0.15, -0.1) is 0 Å². The number of benzene rings is 2. The third-order valence-corrected chi connectivity index (χ3v) is 6.37. The summed E-state index contributed by atoms with van der Waals surface area (Å²) in [7, 11) is 2.87. The molecule has 2 unspecified atom stereocenters. The monoisotopic (exact) mass is 408 g/mol. The van der Waals surface area contributed by atoms with Crippen LogP contribution in [0.3, 0.4) is 0 Å². The van der Waals surface area contributed by atoms with Gasteiger partial charge in [0.05, 0.1) is 35.1 Å². The molecule has 0 saturated carbocycles. The summed E-state index contributed by atoms with van der Waals surface area (Å²) in [6, 6.07) is 4.35. The molecule has 0 aromatic heterocycles. The van der Waals surface area contributed by atoms with Crippen LogP contribution in [0.2, 0.25) is 0 Å². The Morgan fingerprint density at radius 2 is 1.83 bits per heavy atom. The Bertz CT molecular complexity index is 1180. The first-order valence-corrected chi connectivity index (χ1v) is 9.57. The van der Waals surface area contributed by atoms with E-state index in [1.807, 2.05) is 6.92 Å². The summed E-state index contributed by atoms with van der Waals surface area (Å²) in [6.07, 6.45) is 0.741. The average Bonchev–Trinajstić information content (AvgIpc) is 2.98. The van der Waals surface area contributed by atoms with Crippen LogP contribution >= 0.6 is 0 Å². The third kappa shape index (κ3) is 2.16. The number of rotatable bonds is 2. The Morgan fingerprint density at radius 1 is 1.10 bits per heavy atom. The lowest BCUT2D eigenvalue weighted by Gasteiger charge is -2.35. The number of ether oxygens (including phenoxy) is 1. The fourth-order valence-electron chi connectivity index (χ4n) is 5.04. The van der Waals surface area contributed by atoms with Crippen LogP contribution in [0.4, 0.5) is 0 Å². The van der Waals surface area contributed by atoms with Gasteiger partial charge in [0.1, 0.15) is 24.4 Å². The first kappa shape index (κ1) is 18.6. The number of ketones is 2. The van der Waals surface area contributed by atoms with Gasteiger partial charge < -0.3 is 19.8 Å². The number of fused-ring (bicyclic) bond motifs is 6. The van der Waals surface area contributed by atoms with E-state index in [9.17, 15) is 19.8 Å². The lowest BCUT2D eigenvalue weighted by Crippen LogP contribution is -2.48. The first-order chi connectivity index (χ1) is 14.3. The van der Waals surface area contributed by atoms with Gasteiger partial charge in [0.2, 0.25) is 5.78 Å². The van der Waals surface area contributed by atoms with Crippen molar-refractivity contribution >= 4 is 17.3 Å². The number of hydrogen-bond acceptors (Lipinski definition) is 8. The predicted molar refractivity (Wildman–Crippen MR) is 107 cm³/mol. The third-order valence-electron chi connectivity index (χ3n) is 6.37. The number of carbonyl (C=O) groups is 2. The molecule has 3 N–H and O–H groups in total. The minimum absolute atomic E-state index is 0.0915. The van der Waals surface area contributed by atoms with E-state index < -0.39 is 17.1 Å². The molecular formula is C22H20N2O6. The van der Waals surface area contributed by atoms with Gasteiger partial charge in [-0.25, -0.2) is 0 Å². The van der Waals surface area contributed by atoms with Crippen molar-refractivity contribution in [2.45, 2.75) is 31.3 Å². The lowest BCUT2D eigenvalue weighted by atomic mass is 9.77. The molecule has 1 aliphatic carbocycles. The van der Waals surface area contributed by atoms with Gasteiger partial charge in [-0.3, -0.25) is 14.9 Å². The fourth-order valence-corrected chi connectivity index (χ4v) is 5.04. The van der Waals surface area contributed by atoms with Gasteiger partial charge in [-0.05, 0) is 19.4 Å². The van der Waals surface area contributed by atoms with Crippen LogP contribution in [-0.2, 0) is 11.3 Å². The normalized spacial score (nSPS) is 25.0. The van der Waals surface area contributed by atoms with Gasteiger partial charge in [0, 0.05) is 29.2 Å². The SMILES string of the molecule is CON=C1CC2NC1(C)Cc1c(O)c3c(c(O)c12)C(=O)c1c(OC)cccc1C3=O. The van der Waals surface area contributed by atoms with E-state index in [0.29, 0.717) is 24.0 Å². The smallest absolute Gasteiger partial charge is 0.202 e. The summed E-state index contributed by atoms with van der Waals surface area (Å²) in [4.78, 5) is 31.6. The van der Waals surface area contributed by atoms with Crippen molar-refractivity contribution in [1.82, 2.24) is 5.32 Å². The van der Waals surface area contributed by atoms with Crippen LogP contribution in [0.5, 0.6) is 17.2 Å². The van der Waals surface area contributed by atoms with Crippen molar-refractivity contribution in [2.75, 3.05) is 14.2 Å². The van der Waals surface area contributed by atoms with Gasteiger partial charge >= 0.3 is 0 Å². The van der Waals surface area contributed by atoms with Crippen LogP contribution < -0.4 is 10.1 Å². The van der Waals surface area contributed by atoms with E-state index >= 15 is 0 Å². The Kier molecular flexibility index (Phi) is 3.76.